The Kier molecular flexibility index (Phi) is 6.32. The largest absolute Gasteiger partial charge is 0.496 e. The zero-order chi connectivity index (χ0) is 18.6. The molecule has 134 valence electrons. The normalized spacial score (nSPS) is 12.0. The van der Waals surface area contributed by atoms with E-state index in [1.54, 1.807) is 31.4 Å². The number of benzene rings is 2. The Morgan fingerprint density at radius 3 is 2.44 bits per heavy atom. The maximum atomic E-state index is 12.3. The van der Waals surface area contributed by atoms with Crippen LogP contribution in [-0.2, 0) is 0 Å². The third-order valence-electron chi connectivity index (χ3n) is 4.14. The SMILES string of the molecule is COc1cc(C)c(C(C)NC(=O)Nc2cccc(Cl)c2)cc1C(C)C. The summed E-state index contributed by atoms with van der Waals surface area (Å²) >= 11 is 5.94. The number of halogens is 1. The number of hydrogen-bond acceptors (Lipinski definition) is 2. The maximum absolute atomic E-state index is 12.3. The highest BCUT2D eigenvalue weighted by Crippen LogP contribution is 2.32. The standard InChI is InChI=1S/C20H25ClN2O2/c1-12(2)17-11-18(13(3)9-19(17)25-5)14(4)22-20(24)23-16-8-6-7-15(21)10-16/h6-12,14H,1-5H3,(H2,22,23,24). The van der Waals surface area contributed by atoms with E-state index in [0.29, 0.717) is 16.6 Å². The summed E-state index contributed by atoms with van der Waals surface area (Å²) in [7, 11) is 1.68. The summed E-state index contributed by atoms with van der Waals surface area (Å²) in [6.07, 6.45) is 0. The van der Waals surface area contributed by atoms with Crippen molar-refractivity contribution in [1.82, 2.24) is 5.32 Å². The maximum Gasteiger partial charge on any atom is 0.319 e. The van der Waals surface area contributed by atoms with E-state index in [1.807, 2.05) is 19.9 Å². The molecule has 0 aliphatic heterocycles. The first-order valence-corrected chi connectivity index (χ1v) is 8.71. The van der Waals surface area contributed by atoms with Crippen LogP contribution in [-0.4, -0.2) is 13.1 Å². The number of ether oxygens (including phenoxy) is 1. The number of urea groups is 1. The molecular weight excluding hydrogens is 336 g/mol. The minimum Gasteiger partial charge on any atom is -0.496 e. The fourth-order valence-electron chi connectivity index (χ4n) is 2.82. The highest BCUT2D eigenvalue weighted by atomic mass is 35.5. The summed E-state index contributed by atoms with van der Waals surface area (Å²) in [5.74, 6) is 1.22. The Morgan fingerprint density at radius 2 is 1.84 bits per heavy atom. The highest BCUT2D eigenvalue weighted by Gasteiger charge is 2.17. The topological polar surface area (TPSA) is 50.4 Å². The van der Waals surface area contributed by atoms with Gasteiger partial charge in [-0.3, -0.25) is 0 Å². The minimum atomic E-state index is -0.268. The molecule has 0 aliphatic rings. The molecule has 0 saturated heterocycles. The van der Waals surface area contributed by atoms with Crippen molar-refractivity contribution in [3.05, 3.63) is 58.1 Å². The number of carbonyl (C=O) groups is 1. The number of carbonyl (C=O) groups excluding carboxylic acids is 1. The van der Waals surface area contributed by atoms with Crippen LogP contribution >= 0.6 is 11.6 Å². The Labute approximate surface area is 154 Å². The second-order valence-electron chi connectivity index (χ2n) is 6.44. The summed E-state index contributed by atoms with van der Waals surface area (Å²) in [6, 6.07) is 10.8. The molecule has 0 heterocycles. The lowest BCUT2D eigenvalue weighted by Gasteiger charge is -2.21. The van der Waals surface area contributed by atoms with Crippen LogP contribution in [0.1, 0.15) is 49.4 Å². The van der Waals surface area contributed by atoms with Crippen LogP contribution < -0.4 is 15.4 Å². The fourth-order valence-corrected chi connectivity index (χ4v) is 3.01. The molecule has 2 N–H and O–H groups in total. The molecule has 5 heteroatoms. The first-order chi connectivity index (χ1) is 11.8. The predicted molar refractivity (Wildman–Crippen MR) is 104 cm³/mol. The van der Waals surface area contributed by atoms with Crippen LogP contribution in [0.25, 0.3) is 0 Å². The van der Waals surface area contributed by atoms with Crippen LogP contribution in [0.3, 0.4) is 0 Å². The molecule has 2 aromatic carbocycles. The minimum absolute atomic E-state index is 0.136. The predicted octanol–water partition coefficient (Wildman–Crippen LogP) is 5.66. The van der Waals surface area contributed by atoms with Crippen molar-refractivity contribution in [2.24, 2.45) is 0 Å². The molecule has 0 saturated carbocycles. The average molecular weight is 361 g/mol. The smallest absolute Gasteiger partial charge is 0.319 e. The Balaban J connectivity index is 2.15. The van der Waals surface area contributed by atoms with E-state index in [2.05, 4.69) is 30.5 Å². The molecule has 25 heavy (non-hydrogen) atoms. The van der Waals surface area contributed by atoms with Gasteiger partial charge >= 0.3 is 6.03 Å². The third kappa shape index (κ3) is 4.89. The number of hydrogen-bond donors (Lipinski definition) is 2. The van der Waals surface area contributed by atoms with Gasteiger partial charge in [0.25, 0.3) is 0 Å². The highest BCUT2D eigenvalue weighted by molar-refractivity contribution is 6.30. The van der Waals surface area contributed by atoms with Crippen molar-refractivity contribution in [2.45, 2.75) is 39.7 Å². The van der Waals surface area contributed by atoms with Crippen molar-refractivity contribution in [3.63, 3.8) is 0 Å². The quantitative estimate of drug-likeness (QED) is 0.722. The zero-order valence-electron chi connectivity index (χ0n) is 15.3. The Hall–Kier alpha value is -2.20. The lowest BCUT2D eigenvalue weighted by molar-refractivity contribution is 0.249. The Bertz CT molecular complexity index is 759. The lowest BCUT2D eigenvalue weighted by Crippen LogP contribution is -2.31. The van der Waals surface area contributed by atoms with Crippen molar-refractivity contribution in [3.8, 4) is 5.75 Å². The van der Waals surface area contributed by atoms with Gasteiger partial charge in [-0.05, 0) is 66.8 Å². The number of nitrogens with one attached hydrogen (secondary N) is 2. The number of rotatable bonds is 5. The third-order valence-corrected chi connectivity index (χ3v) is 4.37. The van der Waals surface area contributed by atoms with Crippen molar-refractivity contribution >= 4 is 23.3 Å². The summed E-state index contributed by atoms with van der Waals surface area (Å²) in [4.78, 5) is 12.3. The van der Waals surface area contributed by atoms with Gasteiger partial charge in [0.15, 0.2) is 0 Å². The molecule has 1 atom stereocenters. The van der Waals surface area contributed by atoms with Gasteiger partial charge in [0.1, 0.15) is 5.75 Å². The van der Waals surface area contributed by atoms with Crippen LogP contribution in [0.15, 0.2) is 36.4 Å². The van der Waals surface area contributed by atoms with Gasteiger partial charge in [0, 0.05) is 10.7 Å². The summed E-state index contributed by atoms with van der Waals surface area (Å²) in [5.41, 5.74) is 3.95. The van der Waals surface area contributed by atoms with E-state index in [4.69, 9.17) is 16.3 Å². The van der Waals surface area contributed by atoms with Gasteiger partial charge in [0.05, 0.1) is 13.2 Å². The molecule has 2 rings (SSSR count). The molecule has 0 aromatic heterocycles. The summed E-state index contributed by atoms with van der Waals surface area (Å²) in [5, 5.41) is 6.36. The zero-order valence-corrected chi connectivity index (χ0v) is 16.1. The van der Waals surface area contributed by atoms with Gasteiger partial charge < -0.3 is 15.4 Å². The first kappa shape index (κ1) is 19.1. The van der Waals surface area contributed by atoms with Gasteiger partial charge in [-0.25, -0.2) is 4.79 Å². The second-order valence-corrected chi connectivity index (χ2v) is 6.87. The van der Waals surface area contributed by atoms with Crippen LogP contribution in [0.2, 0.25) is 5.02 Å². The number of methoxy groups -OCH3 is 1. The first-order valence-electron chi connectivity index (χ1n) is 8.33. The summed E-state index contributed by atoms with van der Waals surface area (Å²) in [6.45, 7) is 8.24. The molecule has 0 bridgehead atoms. The number of amides is 2. The number of anilines is 1. The molecule has 1 unspecified atom stereocenters. The summed E-state index contributed by atoms with van der Waals surface area (Å²) < 4.78 is 5.48. The molecule has 2 amide bonds. The average Bonchev–Trinajstić information content (AvgIpc) is 2.53. The van der Waals surface area contributed by atoms with E-state index >= 15 is 0 Å². The molecule has 0 aliphatic carbocycles. The molecule has 0 radical (unpaired) electrons. The van der Waals surface area contributed by atoms with Gasteiger partial charge in [-0.15, -0.1) is 0 Å². The van der Waals surface area contributed by atoms with E-state index in [1.165, 1.54) is 0 Å². The van der Waals surface area contributed by atoms with Crippen molar-refractivity contribution < 1.29 is 9.53 Å². The van der Waals surface area contributed by atoms with Crippen LogP contribution in [0.4, 0.5) is 10.5 Å². The fraction of sp³-hybridized carbons (Fsp3) is 0.350. The number of aryl methyl sites for hydroxylation is 1. The van der Waals surface area contributed by atoms with Crippen molar-refractivity contribution in [2.75, 3.05) is 12.4 Å². The molecule has 4 nitrogen and oxygen atoms in total. The Morgan fingerprint density at radius 1 is 1.12 bits per heavy atom. The van der Waals surface area contributed by atoms with Gasteiger partial charge in [0.2, 0.25) is 0 Å². The van der Waals surface area contributed by atoms with Crippen molar-refractivity contribution in [1.29, 1.82) is 0 Å². The van der Waals surface area contributed by atoms with E-state index in [9.17, 15) is 4.79 Å². The van der Waals surface area contributed by atoms with Gasteiger partial charge in [-0.1, -0.05) is 31.5 Å². The molecule has 0 spiro atoms. The molecular formula is C20H25ClN2O2. The lowest BCUT2D eigenvalue weighted by atomic mass is 9.93. The van der Waals surface area contributed by atoms with Gasteiger partial charge in [-0.2, -0.15) is 0 Å². The van der Waals surface area contributed by atoms with Crippen LogP contribution in [0.5, 0.6) is 5.75 Å². The van der Waals surface area contributed by atoms with E-state index in [-0.39, 0.29) is 12.1 Å². The van der Waals surface area contributed by atoms with Crippen LogP contribution in [0, 0.1) is 6.92 Å². The second kappa shape index (κ2) is 8.26. The molecule has 2 aromatic rings. The molecule has 0 fully saturated rings. The van der Waals surface area contributed by atoms with E-state index in [0.717, 1.165) is 22.4 Å². The van der Waals surface area contributed by atoms with E-state index < -0.39 is 0 Å². The monoisotopic (exact) mass is 360 g/mol.